The summed E-state index contributed by atoms with van der Waals surface area (Å²) < 4.78 is 13.1. The average molecular weight is 266 g/mol. The Morgan fingerprint density at radius 3 is 2.63 bits per heavy atom. The number of hydrogen-bond donors (Lipinski definition) is 3. The van der Waals surface area contributed by atoms with Gasteiger partial charge in [-0.2, -0.15) is 5.10 Å². The van der Waals surface area contributed by atoms with E-state index in [9.17, 15) is 4.39 Å². The number of nitrogens with zero attached hydrogens (tertiary/aromatic N) is 2. The third-order valence-corrected chi connectivity index (χ3v) is 2.13. The summed E-state index contributed by atoms with van der Waals surface area (Å²) in [5, 5.41) is 14.1. The van der Waals surface area contributed by atoms with Crippen molar-refractivity contribution in [3.63, 3.8) is 0 Å². The molecule has 102 valence electrons. The van der Waals surface area contributed by atoms with E-state index < -0.39 is 5.97 Å². The van der Waals surface area contributed by atoms with E-state index in [0.29, 0.717) is 23.8 Å². The number of nitrogens with one attached hydrogen (secondary N) is 1. The first-order valence-electron chi connectivity index (χ1n) is 5.51. The molecule has 0 aliphatic rings. The van der Waals surface area contributed by atoms with E-state index >= 15 is 0 Å². The number of hydrogen-bond acceptors (Lipinski definition) is 4. The smallest absolute Gasteiger partial charge is 0.300 e. The first-order chi connectivity index (χ1) is 8.93. The Hall–Kier alpha value is -2.28. The van der Waals surface area contributed by atoms with Gasteiger partial charge in [0, 0.05) is 19.0 Å². The molecule has 1 aromatic carbocycles. The van der Waals surface area contributed by atoms with Gasteiger partial charge in [0.05, 0.1) is 0 Å². The summed E-state index contributed by atoms with van der Waals surface area (Å²) in [6, 6.07) is 4.42. The van der Waals surface area contributed by atoms with E-state index in [1.165, 1.54) is 12.1 Å². The number of carboxylic acid groups (broad SMARTS) is 1. The molecule has 0 fully saturated rings. The number of rotatable bonds is 2. The fourth-order valence-electron chi connectivity index (χ4n) is 1.40. The maximum absolute atomic E-state index is 13.1. The van der Waals surface area contributed by atoms with E-state index in [1.54, 1.807) is 13.0 Å². The van der Waals surface area contributed by atoms with Crippen LogP contribution in [0.2, 0.25) is 0 Å². The Bertz CT molecular complexity index is 565. The number of nitrogens with two attached hydrogens (primary N) is 1. The average Bonchev–Trinajstić information content (AvgIpc) is 2.75. The van der Waals surface area contributed by atoms with Crippen molar-refractivity contribution < 1.29 is 14.3 Å². The number of carbonyl (C=O) groups is 1. The highest BCUT2D eigenvalue weighted by Gasteiger charge is 2.09. The number of aromatic nitrogens is 3. The standard InChI is InChI=1S/C10H11FN4.C2H4O2/c1-6-13-10(15-14-6)9-4-8(11)3-2-7(9)5-12;1-2(3)4/h2-4H,5,12H2,1H3,(H,13,14,15);1H3,(H,3,4). The molecule has 0 aliphatic heterocycles. The molecule has 0 amide bonds. The minimum atomic E-state index is -0.833. The van der Waals surface area contributed by atoms with Crippen LogP contribution >= 0.6 is 0 Å². The predicted octanol–water partition coefficient (Wildman–Crippen LogP) is 1.47. The Morgan fingerprint density at radius 2 is 2.16 bits per heavy atom. The van der Waals surface area contributed by atoms with Crippen molar-refractivity contribution in [1.82, 2.24) is 15.2 Å². The third-order valence-electron chi connectivity index (χ3n) is 2.13. The molecule has 1 heterocycles. The van der Waals surface area contributed by atoms with Crippen molar-refractivity contribution in [2.45, 2.75) is 20.4 Å². The molecule has 0 spiro atoms. The van der Waals surface area contributed by atoms with Gasteiger partial charge in [0.2, 0.25) is 0 Å². The molecule has 0 unspecified atom stereocenters. The van der Waals surface area contributed by atoms with Gasteiger partial charge >= 0.3 is 0 Å². The van der Waals surface area contributed by atoms with E-state index in [4.69, 9.17) is 15.6 Å². The monoisotopic (exact) mass is 266 g/mol. The molecule has 0 bridgehead atoms. The topological polar surface area (TPSA) is 105 Å². The minimum absolute atomic E-state index is 0.315. The molecule has 19 heavy (non-hydrogen) atoms. The zero-order chi connectivity index (χ0) is 14.4. The van der Waals surface area contributed by atoms with Crippen molar-refractivity contribution in [3.8, 4) is 11.4 Å². The van der Waals surface area contributed by atoms with E-state index in [1.807, 2.05) is 0 Å². The van der Waals surface area contributed by atoms with E-state index in [2.05, 4.69) is 15.2 Å². The van der Waals surface area contributed by atoms with Gasteiger partial charge in [0.1, 0.15) is 11.6 Å². The van der Waals surface area contributed by atoms with Crippen LogP contribution in [0.25, 0.3) is 11.4 Å². The molecule has 4 N–H and O–H groups in total. The maximum Gasteiger partial charge on any atom is 0.300 e. The molecule has 1 aromatic heterocycles. The molecular weight excluding hydrogens is 251 g/mol. The largest absolute Gasteiger partial charge is 0.481 e. The molecule has 2 rings (SSSR count). The number of halogens is 1. The molecule has 0 aliphatic carbocycles. The Labute approximate surface area is 109 Å². The quantitative estimate of drug-likeness (QED) is 0.763. The number of aryl methyl sites for hydroxylation is 1. The van der Waals surface area contributed by atoms with Gasteiger partial charge < -0.3 is 10.8 Å². The second-order valence-electron chi connectivity index (χ2n) is 3.77. The van der Waals surface area contributed by atoms with Crippen LogP contribution in [-0.2, 0) is 11.3 Å². The van der Waals surface area contributed by atoms with Gasteiger partial charge in [-0.25, -0.2) is 9.37 Å². The molecule has 0 saturated carbocycles. The SMILES string of the molecule is CC(=O)O.Cc1nc(-c2cc(F)ccc2CN)n[nH]1. The summed E-state index contributed by atoms with van der Waals surface area (Å²) in [5.41, 5.74) is 7.03. The van der Waals surface area contributed by atoms with Crippen LogP contribution in [0.15, 0.2) is 18.2 Å². The summed E-state index contributed by atoms with van der Waals surface area (Å²) in [5.74, 6) is 0.0225. The zero-order valence-electron chi connectivity index (χ0n) is 10.6. The second kappa shape index (κ2) is 6.60. The lowest BCUT2D eigenvalue weighted by atomic mass is 10.1. The van der Waals surface area contributed by atoms with Crippen LogP contribution in [0, 0.1) is 12.7 Å². The summed E-state index contributed by atoms with van der Waals surface area (Å²) in [6.45, 7) is 3.21. The van der Waals surface area contributed by atoms with Crippen molar-refractivity contribution >= 4 is 5.97 Å². The van der Waals surface area contributed by atoms with Gasteiger partial charge in [-0.05, 0) is 24.6 Å². The molecule has 0 atom stereocenters. The normalized spacial score (nSPS) is 9.68. The molecule has 0 saturated heterocycles. The van der Waals surface area contributed by atoms with E-state index in [-0.39, 0.29) is 5.82 Å². The van der Waals surface area contributed by atoms with Crippen molar-refractivity contribution in [2.75, 3.05) is 0 Å². The van der Waals surface area contributed by atoms with Crippen LogP contribution < -0.4 is 5.73 Å². The van der Waals surface area contributed by atoms with Crippen LogP contribution in [0.5, 0.6) is 0 Å². The predicted molar refractivity (Wildman–Crippen MR) is 67.7 cm³/mol. The maximum atomic E-state index is 13.1. The Balaban J connectivity index is 0.000000399. The Kier molecular flexibility index (Phi) is 5.13. The first kappa shape index (κ1) is 14.8. The van der Waals surface area contributed by atoms with Gasteiger partial charge in [-0.3, -0.25) is 9.89 Å². The van der Waals surface area contributed by atoms with Crippen LogP contribution in [0.1, 0.15) is 18.3 Å². The number of aromatic amines is 1. The number of carboxylic acids is 1. The molecule has 2 aromatic rings. The number of aliphatic carboxylic acids is 1. The van der Waals surface area contributed by atoms with E-state index in [0.717, 1.165) is 12.5 Å². The molecule has 7 heteroatoms. The van der Waals surface area contributed by atoms with Gasteiger partial charge in [0.25, 0.3) is 5.97 Å². The zero-order valence-corrected chi connectivity index (χ0v) is 10.6. The first-order valence-corrected chi connectivity index (χ1v) is 5.51. The summed E-state index contributed by atoms with van der Waals surface area (Å²) in [4.78, 5) is 13.1. The summed E-state index contributed by atoms with van der Waals surface area (Å²) >= 11 is 0. The lowest BCUT2D eigenvalue weighted by Gasteiger charge is -2.03. The lowest BCUT2D eigenvalue weighted by molar-refractivity contribution is -0.134. The highest BCUT2D eigenvalue weighted by Crippen LogP contribution is 2.20. The van der Waals surface area contributed by atoms with Crippen LogP contribution in [0.4, 0.5) is 4.39 Å². The third kappa shape index (κ3) is 4.47. The Morgan fingerprint density at radius 1 is 1.53 bits per heavy atom. The second-order valence-corrected chi connectivity index (χ2v) is 3.77. The van der Waals surface area contributed by atoms with Crippen molar-refractivity contribution in [3.05, 3.63) is 35.4 Å². The van der Waals surface area contributed by atoms with Crippen molar-refractivity contribution in [1.29, 1.82) is 0 Å². The van der Waals surface area contributed by atoms with Crippen LogP contribution in [0.3, 0.4) is 0 Å². The molecule has 6 nitrogen and oxygen atoms in total. The highest BCUT2D eigenvalue weighted by atomic mass is 19.1. The number of H-pyrrole nitrogens is 1. The van der Waals surface area contributed by atoms with Crippen molar-refractivity contribution in [2.24, 2.45) is 5.73 Å². The highest BCUT2D eigenvalue weighted by molar-refractivity contribution is 5.63. The van der Waals surface area contributed by atoms with Gasteiger partial charge in [-0.15, -0.1) is 0 Å². The summed E-state index contributed by atoms with van der Waals surface area (Å²) in [6.07, 6.45) is 0. The fourth-order valence-corrected chi connectivity index (χ4v) is 1.40. The lowest BCUT2D eigenvalue weighted by Crippen LogP contribution is -2.00. The van der Waals surface area contributed by atoms with Gasteiger partial charge in [0.15, 0.2) is 5.82 Å². The van der Waals surface area contributed by atoms with Crippen LogP contribution in [-0.4, -0.2) is 26.3 Å². The molecular formula is C12H15FN4O2. The summed E-state index contributed by atoms with van der Waals surface area (Å²) in [7, 11) is 0. The minimum Gasteiger partial charge on any atom is -0.481 e. The fraction of sp³-hybridized carbons (Fsp3) is 0.250. The van der Waals surface area contributed by atoms with Gasteiger partial charge in [-0.1, -0.05) is 6.07 Å². The number of benzene rings is 1. The molecule has 0 radical (unpaired) electrons.